The number of nitrogens with zero attached hydrogens (tertiary/aromatic N) is 1. The van der Waals surface area contributed by atoms with Gasteiger partial charge in [0.1, 0.15) is 5.75 Å². The molecule has 30 heavy (non-hydrogen) atoms. The van der Waals surface area contributed by atoms with Crippen LogP contribution in [0.15, 0.2) is 72.8 Å². The van der Waals surface area contributed by atoms with Crippen LogP contribution in [0.4, 0.5) is 5.69 Å². The predicted octanol–water partition coefficient (Wildman–Crippen LogP) is 6.01. The number of carbonyl (C=O) groups is 1. The minimum Gasteiger partial charge on any atom is -0.507 e. The summed E-state index contributed by atoms with van der Waals surface area (Å²) in [6, 6.07) is 23.6. The van der Waals surface area contributed by atoms with E-state index in [4.69, 9.17) is 0 Å². The van der Waals surface area contributed by atoms with Crippen LogP contribution in [0.3, 0.4) is 0 Å². The van der Waals surface area contributed by atoms with Crippen LogP contribution in [-0.2, 0) is 13.5 Å². The molecule has 5 rings (SSSR count). The number of rotatable bonds is 3. The molecule has 0 spiro atoms. The van der Waals surface area contributed by atoms with E-state index in [-0.39, 0.29) is 17.2 Å². The monoisotopic (exact) mass is 394 g/mol. The van der Waals surface area contributed by atoms with Crippen molar-refractivity contribution in [3.05, 3.63) is 83.9 Å². The zero-order valence-electron chi connectivity index (χ0n) is 16.9. The lowest BCUT2D eigenvalue weighted by Gasteiger charge is -2.12. The number of benzene rings is 4. The standard InChI is InChI=1S/C26H22N2O2/c1-3-16-8-4-6-10-22(16)27-26(30)21-14-17-12-13-19-18-9-5-7-11-23(18)28(2)25(19)20(17)15-24(21)29/h4-15,29H,3H2,1-2H3,(H,27,30). The van der Waals surface area contributed by atoms with Gasteiger partial charge in [-0.1, -0.05) is 55.5 Å². The van der Waals surface area contributed by atoms with E-state index >= 15 is 0 Å². The Kier molecular flexibility index (Phi) is 4.21. The van der Waals surface area contributed by atoms with Crippen molar-refractivity contribution in [2.75, 3.05) is 5.32 Å². The molecule has 4 aromatic carbocycles. The van der Waals surface area contributed by atoms with E-state index in [2.05, 4.69) is 28.1 Å². The van der Waals surface area contributed by atoms with E-state index in [9.17, 15) is 9.90 Å². The molecule has 1 amide bonds. The van der Waals surface area contributed by atoms with Gasteiger partial charge in [-0.25, -0.2) is 0 Å². The highest BCUT2D eigenvalue weighted by molar-refractivity contribution is 6.19. The lowest BCUT2D eigenvalue weighted by atomic mass is 10.0. The molecule has 2 N–H and O–H groups in total. The predicted molar refractivity (Wildman–Crippen MR) is 123 cm³/mol. The Morgan fingerprint density at radius 2 is 1.70 bits per heavy atom. The summed E-state index contributed by atoms with van der Waals surface area (Å²) in [6.45, 7) is 2.05. The van der Waals surface area contributed by atoms with Crippen molar-refractivity contribution in [3.8, 4) is 5.75 Å². The van der Waals surface area contributed by atoms with Crippen molar-refractivity contribution in [3.63, 3.8) is 0 Å². The Balaban J connectivity index is 1.65. The van der Waals surface area contributed by atoms with Crippen LogP contribution < -0.4 is 5.32 Å². The molecule has 148 valence electrons. The van der Waals surface area contributed by atoms with Gasteiger partial charge in [0.15, 0.2) is 0 Å². The molecule has 0 saturated carbocycles. The number of anilines is 1. The van der Waals surface area contributed by atoms with Gasteiger partial charge in [0, 0.05) is 34.4 Å². The van der Waals surface area contributed by atoms with Crippen LogP contribution in [0.25, 0.3) is 32.6 Å². The first-order chi connectivity index (χ1) is 14.6. The molecule has 0 aliphatic carbocycles. The SMILES string of the molecule is CCc1ccccc1NC(=O)c1cc2ccc3c4ccccc4n(C)c3c2cc1O. The number of carbonyl (C=O) groups excluding carboxylic acids is 1. The van der Waals surface area contributed by atoms with Gasteiger partial charge in [-0.2, -0.15) is 0 Å². The zero-order chi connectivity index (χ0) is 20.8. The summed E-state index contributed by atoms with van der Waals surface area (Å²) in [5.74, 6) is -0.334. The Morgan fingerprint density at radius 1 is 0.933 bits per heavy atom. The number of aryl methyl sites for hydroxylation is 2. The van der Waals surface area contributed by atoms with Gasteiger partial charge in [-0.3, -0.25) is 4.79 Å². The highest BCUT2D eigenvalue weighted by atomic mass is 16.3. The van der Waals surface area contributed by atoms with Crippen LogP contribution in [0.5, 0.6) is 5.75 Å². The van der Waals surface area contributed by atoms with Crippen molar-refractivity contribution in [1.82, 2.24) is 4.57 Å². The first-order valence-electron chi connectivity index (χ1n) is 10.1. The molecule has 0 unspecified atom stereocenters. The number of aromatic hydroxyl groups is 1. The molecular formula is C26H22N2O2. The van der Waals surface area contributed by atoms with E-state index in [1.807, 2.05) is 56.4 Å². The summed E-state index contributed by atoms with van der Waals surface area (Å²) in [5, 5.41) is 17.8. The van der Waals surface area contributed by atoms with Crippen molar-refractivity contribution in [2.24, 2.45) is 7.05 Å². The summed E-state index contributed by atoms with van der Waals surface area (Å²) in [4.78, 5) is 12.9. The molecule has 0 aliphatic rings. The van der Waals surface area contributed by atoms with Crippen LogP contribution in [0.1, 0.15) is 22.8 Å². The van der Waals surface area contributed by atoms with Gasteiger partial charge in [-0.05, 0) is 41.6 Å². The normalized spacial score (nSPS) is 11.4. The fourth-order valence-electron chi connectivity index (χ4n) is 4.36. The highest BCUT2D eigenvalue weighted by Gasteiger charge is 2.17. The fraction of sp³-hybridized carbons (Fsp3) is 0.115. The maximum absolute atomic E-state index is 12.9. The van der Waals surface area contributed by atoms with Gasteiger partial charge in [-0.15, -0.1) is 0 Å². The molecule has 0 atom stereocenters. The van der Waals surface area contributed by atoms with Crippen LogP contribution in [-0.4, -0.2) is 15.6 Å². The van der Waals surface area contributed by atoms with E-state index in [0.717, 1.165) is 44.9 Å². The molecule has 0 fully saturated rings. The summed E-state index contributed by atoms with van der Waals surface area (Å²) in [5.41, 5.74) is 4.29. The topological polar surface area (TPSA) is 54.3 Å². The van der Waals surface area contributed by atoms with Gasteiger partial charge in [0.05, 0.1) is 11.1 Å². The smallest absolute Gasteiger partial charge is 0.259 e. The average Bonchev–Trinajstić information content (AvgIpc) is 3.06. The van der Waals surface area contributed by atoms with Crippen LogP contribution in [0, 0.1) is 0 Å². The maximum atomic E-state index is 12.9. The average molecular weight is 394 g/mol. The third kappa shape index (κ3) is 2.72. The summed E-state index contributed by atoms with van der Waals surface area (Å²) in [6.07, 6.45) is 0.819. The Morgan fingerprint density at radius 3 is 2.53 bits per heavy atom. The molecular weight excluding hydrogens is 372 g/mol. The number of hydrogen-bond acceptors (Lipinski definition) is 2. The molecule has 4 heteroatoms. The minimum atomic E-state index is -0.313. The van der Waals surface area contributed by atoms with Crippen LogP contribution in [0.2, 0.25) is 0 Å². The molecule has 0 radical (unpaired) electrons. The second kappa shape index (κ2) is 6.92. The number of phenols is 1. The van der Waals surface area contributed by atoms with Crippen molar-refractivity contribution < 1.29 is 9.90 Å². The van der Waals surface area contributed by atoms with Crippen LogP contribution >= 0.6 is 0 Å². The molecule has 0 saturated heterocycles. The summed E-state index contributed by atoms with van der Waals surface area (Å²) < 4.78 is 2.14. The second-order valence-corrected chi connectivity index (χ2v) is 7.59. The zero-order valence-corrected chi connectivity index (χ0v) is 16.9. The number of phenolic OH excluding ortho intramolecular Hbond substituents is 1. The second-order valence-electron chi connectivity index (χ2n) is 7.59. The van der Waals surface area contributed by atoms with Gasteiger partial charge >= 0.3 is 0 Å². The lowest BCUT2D eigenvalue weighted by Crippen LogP contribution is -2.13. The summed E-state index contributed by atoms with van der Waals surface area (Å²) >= 11 is 0. The largest absolute Gasteiger partial charge is 0.507 e. The number of hydrogen-bond donors (Lipinski definition) is 2. The van der Waals surface area contributed by atoms with Gasteiger partial charge in [0.25, 0.3) is 5.91 Å². The van der Waals surface area contributed by atoms with Gasteiger partial charge in [0.2, 0.25) is 0 Å². The Labute approximate surface area is 174 Å². The van der Waals surface area contributed by atoms with E-state index in [0.29, 0.717) is 0 Å². The number of amides is 1. The quantitative estimate of drug-likeness (QED) is 0.394. The Bertz CT molecular complexity index is 1450. The summed E-state index contributed by atoms with van der Waals surface area (Å²) in [7, 11) is 2.03. The molecule has 4 nitrogen and oxygen atoms in total. The first-order valence-corrected chi connectivity index (χ1v) is 10.1. The maximum Gasteiger partial charge on any atom is 0.259 e. The third-order valence-corrected chi connectivity index (χ3v) is 5.89. The number of nitrogens with one attached hydrogen (secondary N) is 1. The highest BCUT2D eigenvalue weighted by Crippen LogP contribution is 2.36. The first kappa shape index (κ1) is 18.3. The number of fused-ring (bicyclic) bond motifs is 5. The Hall–Kier alpha value is -3.79. The third-order valence-electron chi connectivity index (χ3n) is 5.89. The van der Waals surface area contributed by atoms with E-state index in [1.54, 1.807) is 12.1 Å². The van der Waals surface area contributed by atoms with Crippen molar-refractivity contribution in [2.45, 2.75) is 13.3 Å². The van der Waals surface area contributed by atoms with E-state index < -0.39 is 0 Å². The lowest BCUT2D eigenvalue weighted by molar-refractivity contribution is 0.102. The molecule has 1 aromatic heterocycles. The molecule has 0 bridgehead atoms. The molecule has 5 aromatic rings. The van der Waals surface area contributed by atoms with E-state index in [1.165, 1.54) is 5.39 Å². The van der Waals surface area contributed by atoms with Gasteiger partial charge < -0.3 is 15.0 Å². The minimum absolute atomic E-state index is 0.0215. The fourth-order valence-corrected chi connectivity index (χ4v) is 4.36. The molecule has 1 heterocycles. The van der Waals surface area contributed by atoms with Crippen molar-refractivity contribution >= 4 is 44.2 Å². The molecule has 0 aliphatic heterocycles. The van der Waals surface area contributed by atoms with Crippen molar-refractivity contribution in [1.29, 1.82) is 0 Å². The number of para-hydroxylation sites is 2. The number of aromatic nitrogens is 1.